The molecule has 1 aromatic heterocycles. The Morgan fingerprint density at radius 3 is 2.75 bits per heavy atom. The van der Waals surface area contributed by atoms with Gasteiger partial charge in [0.25, 0.3) is 0 Å². The minimum Gasteiger partial charge on any atom is -0.478 e. The summed E-state index contributed by atoms with van der Waals surface area (Å²) in [4.78, 5) is 10.6. The van der Waals surface area contributed by atoms with Crippen molar-refractivity contribution in [3.63, 3.8) is 0 Å². The smallest absolute Gasteiger partial charge is 0.221 e. The van der Waals surface area contributed by atoms with Crippen LogP contribution in [-0.2, 0) is 0 Å². The third kappa shape index (κ3) is 1.95. The normalized spacial score (nSPS) is 18.1. The topological polar surface area (TPSA) is 64.3 Å². The molecule has 0 aromatic carbocycles. The van der Waals surface area contributed by atoms with Crippen LogP contribution in [0.2, 0.25) is 0 Å². The first-order valence-electron chi connectivity index (χ1n) is 5.52. The van der Waals surface area contributed by atoms with E-state index in [2.05, 4.69) is 14.9 Å². The Morgan fingerprint density at radius 1 is 1.50 bits per heavy atom. The number of nitrogens with two attached hydrogens (primary N) is 1. The maximum atomic E-state index is 5.98. The lowest BCUT2D eigenvalue weighted by atomic mass is 9.93. The Labute approximate surface area is 95.6 Å². The Bertz CT molecular complexity index is 384. The molecule has 2 N–H and O–H groups in total. The summed E-state index contributed by atoms with van der Waals surface area (Å²) in [5, 5.41) is 0. The number of rotatable bonds is 3. The Kier molecular flexibility index (Phi) is 2.71. The highest BCUT2D eigenvalue weighted by molar-refractivity contribution is 5.53. The van der Waals surface area contributed by atoms with Crippen LogP contribution in [0.5, 0.6) is 5.88 Å². The highest BCUT2D eigenvalue weighted by Gasteiger charge is 2.36. The lowest BCUT2D eigenvalue weighted by Gasteiger charge is -2.46. The summed E-state index contributed by atoms with van der Waals surface area (Å²) in [7, 11) is 0. The standard InChI is InChI=1S/C11H18N4O/c1-4-16-10-8(2)9(13-7-14-10)15-5-11(3,12)6-15/h7H,4-6,12H2,1-3H3. The van der Waals surface area contributed by atoms with Gasteiger partial charge in [-0.05, 0) is 20.8 Å². The summed E-state index contributed by atoms with van der Waals surface area (Å²) < 4.78 is 5.44. The van der Waals surface area contributed by atoms with E-state index in [1.54, 1.807) is 6.33 Å². The summed E-state index contributed by atoms with van der Waals surface area (Å²) in [5.41, 5.74) is 6.87. The Hall–Kier alpha value is -1.36. The van der Waals surface area contributed by atoms with Gasteiger partial charge in [0, 0.05) is 18.6 Å². The molecule has 0 saturated carbocycles. The SMILES string of the molecule is CCOc1ncnc(N2CC(C)(N)C2)c1C. The second-order valence-electron chi connectivity index (χ2n) is 4.57. The van der Waals surface area contributed by atoms with Crippen molar-refractivity contribution >= 4 is 5.82 Å². The Morgan fingerprint density at radius 2 is 2.19 bits per heavy atom. The second-order valence-corrected chi connectivity index (χ2v) is 4.57. The van der Waals surface area contributed by atoms with Crippen molar-refractivity contribution in [1.82, 2.24) is 9.97 Å². The molecule has 2 rings (SSSR count). The molecule has 0 atom stereocenters. The van der Waals surface area contributed by atoms with Crippen molar-refractivity contribution < 1.29 is 4.74 Å². The quantitative estimate of drug-likeness (QED) is 0.816. The Balaban J connectivity index is 2.19. The van der Waals surface area contributed by atoms with E-state index in [0.29, 0.717) is 12.5 Å². The van der Waals surface area contributed by atoms with E-state index in [0.717, 1.165) is 24.5 Å². The number of nitrogens with zero attached hydrogens (tertiary/aromatic N) is 3. The third-order valence-corrected chi connectivity index (χ3v) is 2.70. The van der Waals surface area contributed by atoms with Gasteiger partial charge < -0.3 is 15.4 Å². The first-order valence-corrected chi connectivity index (χ1v) is 5.52. The molecular formula is C11H18N4O. The van der Waals surface area contributed by atoms with Crippen molar-refractivity contribution in [3.05, 3.63) is 11.9 Å². The lowest BCUT2D eigenvalue weighted by molar-refractivity contribution is 0.321. The summed E-state index contributed by atoms with van der Waals surface area (Å²) >= 11 is 0. The summed E-state index contributed by atoms with van der Waals surface area (Å²) in [6.07, 6.45) is 1.54. The second kappa shape index (κ2) is 3.90. The largest absolute Gasteiger partial charge is 0.478 e. The number of hydrogen-bond acceptors (Lipinski definition) is 5. The van der Waals surface area contributed by atoms with Gasteiger partial charge in [-0.3, -0.25) is 0 Å². The van der Waals surface area contributed by atoms with Crippen LogP contribution in [0.1, 0.15) is 19.4 Å². The fourth-order valence-corrected chi connectivity index (χ4v) is 2.00. The molecule has 1 fully saturated rings. The maximum absolute atomic E-state index is 5.98. The first kappa shape index (κ1) is 11.1. The van der Waals surface area contributed by atoms with Crippen LogP contribution >= 0.6 is 0 Å². The first-order chi connectivity index (χ1) is 7.53. The number of ether oxygens (including phenoxy) is 1. The molecule has 1 saturated heterocycles. The fraction of sp³-hybridized carbons (Fsp3) is 0.636. The molecule has 0 radical (unpaired) electrons. The zero-order valence-electron chi connectivity index (χ0n) is 10.0. The summed E-state index contributed by atoms with van der Waals surface area (Å²) in [5.74, 6) is 1.60. The molecule has 1 aliphatic rings. The van der Waals surface area contributed by atoms with Crippen molar-refractivity contribution in [3.8, 4) is 5.88 Å². The molecule has 0 aliphatic carbocycles. The third-order valence-electron chi connectivity index (χ3n) is 2.70. The molecule has 0 spiro atoms. The number of aromatic nitrogens is 2. The van der Waals surface area contributed by atoms with Crippen molar-refractivity contribution in [2.45, 2.75) is 26.3 Å². The van der Waals surface area contributed by atoms with Crippen molar-refractivity contribution in [1.29, 1.82) is 0 Å². The zero-order chi connectivity index (χ0) is 11.8. The van der Waals surface area contributed by atoms with E-state index in [4.69, 9.17) is 10.5 Å². The predicted molar refractivity (Wildman–Crippen MR) is 62.7 cm³/mol. The molecule has 1 aliphatic heterocycles. The highest BCUT2D eigenvalue weighted by atomic mass is 16.5. The predicted octanol–water partition coefficient (Wildman–Crippen LogP) is 0.721. The van der Waals surface area contributed by atoms with Crippen LogP contribution in [0.25, 0.3) is 0 Å². The molecule has 5 heteroatoms. The van der Waals surface area contributed by atoms with E-state index in [1.807, 2.05) is 20.8 Å². The van der Waals surface area contributed by atoms with E-state index in [1.165, 1.54) is 0 Å². The average Bonchev–Trinajstić information content (AvgIpc) is 2.18. The van der Waals surface area contributed by atoms with Gasteiger partial charge in [-0.25, -0.2) is 9.97 Å². The average molecular weight is 222 g/mol. The minimum absolute atomic E-state index is 0.0941. The summed E-state index contributed by atoms with van der Waals surface area (Å²) in [6, 6.07) is 0. The molecular weight excluding hydrogens is 204 g/mol. The van der Waals surface area contributed by atoms with Gasteiger partial charge in [0.05, 0.1) is 12.2 Å². The van der Waals surface area contributed by atoms with Crippen LogP contribution in [0.4, 0.5) is 5.82 Å². The highest BCUT2D eigenvalue weighted by Crippen LogP contribution is 2.29. The van der Waals surface area contributed by atoms with Crippen LogP contribution in [0.3, 0.4) is 0 Å². The van der Waals surface area contributed by atoms with Gasteiger partial charge in [-0.15, -0.1) is 0 Å². The molecule has 2 heterocycles. The van der Waals surface area contributed by atoms with Crippen LogP contribution in [-0.4, -0.2) is 35.2 Å². The van der Waals surface area contributed by atoms with Crippen LogP contribution in [0.15, 0.2) is 6.33 Å². The van der Waals surface area contributed by atoms with Gasteiger partial charge in [0.2, 0.25) is 5.88 Å². The molecule has 5 nitrogen and oxygen atoms in total. The summed E-state index contributed by atoms with van der Waals surface area (Å²) in [6.45, 7) is 8.25. The fourth-order valence-electron chi connectivity index (χ4n) is 2.00. The van der Waals surface area contributed by atoms with Crippen molar-refractivity contribution in [2.24, 2.45) is 5.73 Å². The lowest BCUT2D eigenvalue weighted by Crippen LogP contribution is -2.66. The molecule has 1 aromatic rings. The number of anilines is 1. The van der Waals surface area contributed by atoms with Gasteiger partial charge in [-0.1, -0.05) is 0 Å². The molecule has 88 valence electrons. The van der Waals surface area contributed by atoms with Gasteiger partial charge >= 0.3 is 0 Å². The number of hydrogen-bond donors (Lipinski definition) is 1. The van der Waals surface area contributed by atoms with Gasteiger partial charge in [-0.2, -0.15) is 0 Å². The maximum Gasteiger partial charge on any atom is 0.221 e. The van der Waals surface area contributed by atoms with Crippen LogP contribution in [0, 0.1) is 6.92 Å². The molecule has 16 heavy (non-hydrogen) atoms. The van der Waals surface area contributed by atoms with Crippen molar-refractivity contribution in [2.75, 3.05) is 24.6 Å². The van der Waals surface area contributed by atoms with E-state index < -0.39 is 0 Å². The van der Waals surface area contributed by atoms with Crippen LogP contribution < -0.4 is 15.4 Å². The van der Waals surface area contributed by atoms with Gasteiger partial charge in [0.15, 0.2) is 0 Å². The van der Waals surface area contributed by atoms with Gasteiger partial charge in [0.1, 0.15) is 12.1 Å². The zero-order valence-corrected chi connectivity index (χ0v) is 10.0. The molecule has 0 amide bonds. The monoisotopic (exact) mass is 222 g/mol. The van der Waals surface area contributed by atoms with E-state index in [-0.39, 0.29) is 5.54 Å². The molecule has 0 unspecified atom stereocenters. The van der Waals surface area contributed by atoms with E-state index in [9.17, 15) is 0 Å². The van der Waals surface area contributed by atoms with E-state index >= 15 is 0 Å². The molecule has 0 bridgehead atoms. The minimum atomic E-state index is -0.0941.